The molecule has 0 radical (unpaired) electrons. The quantitative estimate of drug-likeness (QED) is 0.649. The molecule has 0 aliphatic heterocycles. The van der Waals surface area contributed by atoms with Crippen molar-refractivity contribution in [3.63, 3.8) is 0 Å². The number of rotatable bonds is 2. The van der Waals surface area contributed by atoms with Gasteiger partial charge in [-0.2, -0.15) is 0 Å². The zero-order chi connectivity index (χ0) is 13.1. The van der Waals surface area contributed by atoms with E-state index in [0.717, 1.165) is 42.0 Å². The molecule has 3 nitrogen and oxygen atoms in total. The Labute approximate surface area is 112 Å². The third kappa shape index (κ3) is 2.45. The number of benzene rings is 2. The van der Waals surface area contributed by atoms with E-state index in [1.807, 2.05) is 48.5 Å². The Hall–Kier alpha value is -2.29. The van der Waals surface area contributed by atoms with Crippen molar-refractivity contribution in [2.75, 3.05) is 0 Å². The van der Waals surface area contributed by atoms with Crippen LogP contribution in [0.25, 0.3) is 0 Å². The fraction of sp³-hybridized carbons (Fsp3) is 0.188. The number of hydrogen-bond acceptors (Lipinski definition) is 3. The van der Waals surface area contributed by atoms with Crippen molar-refractivity contribution in [2.45, 2.75) is 19.3 Å². The monoisotopic (exact) mass is 253 g/mol. The highest BCUT2D eigenvalue weighted by molar-refractivity contribution is 6.02. The van der Waals surface area contributed by atoms with Crippen LogP contribution in [-0.4, -0.2) is 10.9 Å². The Bertz CT molecular complexity index is 605. The van der Waals surface area contributed by atoms with E-state index in [1.165, 1.54) is 5.56 Å². The number of aryl methyl sites for hydroxylation is 1. The summed E-state index contributed by atoms with van der Waals surface area (Å²) in [5, 5.41) is 12.4. The van der Waals surface area contributed by atoms with Gasteiger partial charge in [0.1, 0.15) is 11.5 Å². The van der Waals surface area contributed by atoms with Crippen LogP contribution in [0.1, 0.15) is 24.0 Å². The maximum absolute atomic E-state index is 9.00. The highest BCUT2D eigenvalue weighted by Crippen LogP contribution is 2.28. The second-order valence-electron chi connectivity index (χ2n) is 4.63. The number of ether oxygens (including phenoxy) is 1. The molecule has 0 aromatic heterocycles. The lowest BCUT2D eigenvalue weighted by Crippen LogP contribution is -2.11. The Morgan fingerprint density at radius 1 is 0.947 bits per heavy atom. The zero-order valence-corrected chi connectivity index (χ0v) is 10.5. The maximum atomic E-state index is 9.00. The van der Waals surface area contributed by atoms with Crippen molar-refractivity contribution >= 4 is 5.71 Å². The lowest BCUT2D eigenvalue weighted by atomic mass is 9.90. The average molecular weight is 253 g/mol. The van der Waals surface area contributed by atoms with E-state index in [1.54, 1.807) is 0 Å². The first kappa shape index (κ1) is 11.8. The highest BCUT2D eigenvalue weighted by Gasteiger charge is 2.16. The minimum atomic E-state index is 0.771. The summed E-state index contributed by atoms with van der Waals surface area (Å²) in [4.78, 5) is 0. The third-order valence-corrected chi connectivity index (χ3v) is 3.35. The average Bonchev–Trinajstić information content (AvgIpc) is 2.47. The normalized spacial score (nSPS) is 16.1. The number of nitrogens with zero attached hydrogens (tertiary/aromatic N) is 1. The van der Waals surface area contributed by atoms with E-state index in [9.17, 15) is 0 Å². The van der Waals surface area contributed by atoms with Crippen LogP contribution in [0.5, 0.6) is 11.5 Å². The molecule has 0 fully saturated rings. The number of fused-ring (bicyclic) bond motifs is 1. The summed E-state index contributed by atoms with van der Waals surface area (Å²) in [6, 6.07) is 15.6. The highest BCUT2D eigenvalue weighted by atomic mass is 16.5. The predicted octanol–water partition coefficient (Wildman–Crippen LogP) is 3.99. The van der Waals surface area contributed by atoms with E-state index in [2.05, 4.69) is 5.16 Å². The lowest BCUT2D eigenvalue weighted by Gasteiger charge is -2.17. The first-order valence-corrected chi connectivity index (χ1v) is 6.44. The van der Waals surface area contributed by atoms with Gasteiger partial charge in [-0.3, -0.25) is 0 Å². The van der Waals surface area contributed by atoms with Crippen LogP contribution in [0.4, 0.5) is 0 Å². The molecule has 2 aromatic carbocycles. The molecule has 19 heavy (non-hydrogen) atoms. The predicted molar refractivity (Wildman–Crippen MR) is 74.2 cm³/mol. The maximum Gasteiger partial charge on any atom is 0.127 e. The molecule has 0 saturated carbocycles. The molecule has 1 N–H and O–H groups in total. The fourth-order valence-corrected chi connectivity index (χ4v) is 2.43. The zero-order valence-electron chi connectivity index (χ0n) is 10.5. The van der Waals surface area contributed by atoms with Crippen molar-refractivity contribution < 1.29 is 9.94 Å². The van der Waals surface area contributed by atoms with Crippen LogP contribution < -0.4 is 4.74 Å². The summed E-state index contributed by atoms with van der Waals surface area (Å²) in [6.45, 7) is 0. The van der Waals surface area contributed by atoms with Gasteiger partial charge in [0.15, 0.2) is 0 Å². The summed E-state index contributed by atoms with van der Waals surface area (Å²) in [5.41, 5.74) is 2.99. The molecule has 3 rings (SSSR count). The molecule has 1 aliphatic rings. The Morgan fingerprint density at radius 3 is 2.58 bits per heavy atom. The SMILES string of the molecule is ON=C1CCCc2cc(Oc3ccccc3)ccc21. The van der Waals surface area contributed by atoms with Crippen LogP contribution in [0.3, 0.4) is 0 Å². The van der Waals surface area contributed by atoms with Gasteiger partial charge in [-0.05, 0) is 55.2 Å². The molecule has 0 spiro atoms. The standard InChI is InChI=1S/C16H15NO2/c18-17-16-8-4-5-12-11-14(9-10-15(12)16)19-13-6-2-1-3-7-13/h1-3,6-7,9-11,18H,4-5,8H2. The first-order chi connectivity index (χ1) is 9.36. The van der Waals surface area contributed by atoms with Crippen molar-refractivity contribution in [1.82, 2.24) is 0 Å². The van der Waals surface area contributed by atoms with E-state index < -0.39 is 0 Å². The number of oxime groups is 1. The molecule has 0 unspecified atom stereocenters. The molecule has 0 heterocycles. The molecule has 3 heteroatoms. The largest absolute Gasteiger partial charge is 0.457 e. The van der Waals surface area contributed by atoms with Crippen LogP contribution in [-0.2, 0) is 6.42 Å². The Kier molecular flexibility index (Phi) is 3.19. The summed E-state index contributed by atoms with van der Waals surface area (Å²) in [5.74, 6) is 1.65. The third-order valence-electron chi connectivity index (χ3n) is 3.35. The molecule has 0 saturated heterocycles. The Balaban J connectivity index is 1.89. The second-order valence-corrected chi connectivity index (χ2v) is 4.63. The smallest absolute Gasteiger partial charge is 0.127 e. The summed E-state index contributed by atoms with van der Waals surface area (Å²) >= 11 is 0. The number of hydrogen-bond donors (Lipinski definition) is 1. The molecular formula is C16H15NO2. The van der Waals surface area contributed by atoms with Crippen molar-refractivity contribution in [1.29, 1.82) is 0 Å². The van der Waals surface area contributed by atoms with Crippen LogP contribution in [0.2, 0.25) is 0 Å². The summed E-state index contributed by atoms with van der Waals surface area (Å²) in [7, 11) is 0. The van der Waals surface area contributed by atoms with Gasteiger partial charge in [-0.15, -0.1) is 0 Å². The van der Waals surface area contributed by atoms with Crippen LogP contribution in [0.15, 0.2) is 53.7 Å². The minimum absolute atomic E-state index is 0.771. The van der Waals surface area contributed by atoms with Gasteiger partial charge in [-0.1, -0.05) is 23.4 Å². The van der Waals surface area contributed by atoms with Crippen LogP contribution >= 0.6 is 0 Å². The van der Waals surface area contributed by atoms with Gasteiger partial charge < -0.3 is 9.94 Å². The van der Waals surface area contributed by atoms with E-state index in [4.69, 9.17) is 9.94 Å². The van der Waals surface area contributed by atoms with Gasteiger partial charge in [-0.25, -0.2) is 0 Å². The molecule has 0 amide bonds. The van der Waals surface area contributed by atoms with Crippen molar-refractivity contribution in [2.24, 2.45) is 5.16 Å². The molecular weight excluding hydrogens is 238 g/mol. The van der Waals surface area contributed by atoms with Gasteiger partial charge in [0, 0.05) is 5.56 Å². The van der Waals surface area contributed by atoms with Crippen LogP contribution in [0, 0.1) is 0 Å². The molecule has 0 bridgehead atoms. The molecule has 1 aliphatic carbocycles. The fourth-order valence-electron chi connectivity index (χ4n) is 2.43. The van der Waals surface area contributed by atoms with Gasteiger partial charge in [0.05, 0.1) is 5.71 Å². The van der Waals surface area contributed by atoms with Gasteiger partial charge in [0.25, 0.3) is 0 Å². The minimum Gasteiger partial charge on any atom is -0.457 e. The lowest BCUT2D eigenvalue weighted by molar-refractivity contribution is 0.317. The van der Waals surface area contributed by atoms with E-state index in [0.29, 0.717) is 0 Å². The molecule has 2 aromatic rings. The van der Waals surface area contributed by atoms with Gasteiger partial charge in [0.2, 0.25) is 0 Å². The van der Waals surface area contributed by atoms with E-state index >= 15 is 0 Å². The first-order valence-electron chi connectivity index (χ1n) is 6.44. The molecule has 0 atom stereocenters. The van der Waals surface area contributed by atoms with Crippen molar-refractivity contribution in [3.05, 3.63) is 59.7 Å². The Morgan fingerprint density at radius 2 is 1.79 bits per heavy atom. The molecule has 96 valence electrons. The van der Waals surface area contributed by atoms with E-state index in [-0.39, 0.29) is 0 Å². The van der Waals surface area contributed by atoms with Crippen molar-refractivity contribution in [3.8, 4) is 11.5 Å². The topological polar surface area (TPSA) is 41.8 Å². The second kappa shape index (κ2) is 5.14. The van der Waals surface area contributed by atoms with Gasteiger partial charge >= 0.3 is 0 Å². The number of para-hydroxylation sites is 1. The summed E-state index contributed by atoms with van der Waals surface area (Å²) in [6.07, 6.45) is 2.85. The summed E-state index contributed by atoms with van der Waals surface area (Å²) < 4.78 is 5.81.